The van der Waals surface area contributed by atoms with Crippen LogP contribution in [0.25, 0.3) is 33.4 Å². The Morgan fingerprint density at radius 3 is 1.32 bits per heavy atom. The second kappa shape index (κ2) is 6.78. The summed E-state index contributed by atoms with van der Waals surface area (Å²) in [5.41, 5.74) is 8.90. The number of rotatable bonds is 3. The summed E-state index contributed by atoms with van der Waals surface area (Å²) < 4.78 is 0. The molecule has 0 fully saturated rings. The Morgan fingerprint density at radius 2 is 0.760 bits per heavy atom. The summed E-state index contributed by atoms with van der Waals surface area (Å²) in [5, 5.41) is 0. The number of benzene rings is 4. The van der Waals surface area contributed by atoms with Gasteiger partial charge in [-0.2, -0.15) is 0 Å². The minimum Gasteiger partial charge on any atom is -0.0622 e. The minimum atomic E-state index is 1.25. The lowest BCUT2D eigenvalue weighted by Crippen LogP contribution is -1.86. The fourth-order valence-electron chi connectivity index (χ4n) is 3.33. The fraction of sp³-hybridized carbons (Fsp3) is 0.0400. The molecule has 0 spiro atoms. The third-order valence-electron chi connectivity index (χ3n) is 4.66. The van der Waals surface area contributed by atoms with Crippen LogP contribution in [0.15, 0.2) is 103 Å². The van der Waals surface area contributed by atoms with E-state index in [1.807, 2.05) is 0 Å². The molecule has 0 radical (unpaired) electrons. The second-order valence-corrected chi connectivity index (χ2v) is 6.30. The first kappa shape index (κ1) is 15.4. The van der Waals surface area contributed by atoms with Gasteiger partial charge in [-0.25, -0.2) is 0 Å². The van der Waals surface area contributed by atoms with E-state index < -0.39 is 0 Å². The molecule has 0 heteroatoms. The van der Waals surface area contributed by atoms with Gasteiger partial charge in [0.25, 0.3) is 0 Å². The van der Waals surface area contributed by atoms with E-state index in [9.17, 15) is 0 Å². The van der Waals surface area contributed by atoms with Crippen LogP contribution in [-0.4, -0.2) is 0 Å². The van der Waals surface area contributed by atoms with Crippen molar-refractivity contribution < 1.29 is 0 Å². The summed E-state index contributed by atoms with van der Waals surface area (Å²) in [6.07, 6.45) is 0. The van der Waals surface area contributed by atoms with Gasteiger partial charge < -0.3 is 0 Å². The van der Waals surface area contributed by atoms with Crippen LogP contribution in [-0.2, 0) is 0 Å². The molecular formula is C25H20. The van der Waals surface area contributed by atoms with E-state index in [1.54, 1.807) is 0 Å². The van der Waals surface area contributed by atoms with E-state index in [4.69, 9.17) is 0 Å². The van der Waals surface area contributed by atoms with Crippen LogP contribution in [0, 0.1) is 6.92 Å². The summed E-state index contributed by atoms with van der Waals surface area (Å²) in [4.78, 5) is 0. The maximum absolute atomic E-state index is 2.23. The summed E-state index contributed by atoms with van der Waals surface area (Å²) >= 11 is 0. The maximum atomic E-state index is 2.23. The van der Waals surface area contributed by atoms with Crippen molar-refractivity contribution in [2.24, 2.45) is 0 Å². The maximum Gasteiger partial charge on any atom is -0.0105 e. The molecule has 0 N–H and O–H groups in total. The predicted molar refractivity (Wildman–Crippen MR) is 107 cm³/mol. The van der Waals surface area contributed by atoms with E-state index in [0.717, 1.165) is 0 Å². The molecule has 0 unspecified atom stereocenters. The van der Waals surface area contributed by atoms with Crippen molar-refractivity contribution >= 4 is 0 Å². The third-order valence-corrected chi connectivity index (χ3v) is 4.66. The van der Waals surface area contributed by atoms with E-state index >= 15 is 0 Å². The molecule has 120 valence electrons. The quantitative estimate of drug-likeness (QED) is 0.381. The molecule has 0 aliphatic rings. The lowest BCUT2D eigenvalue weighted by Gasteiger charge is -2.11. The molecule has 0 heterocycles. The molecule has 0 nitrogen and oxygen atoms in total. The van der Waals surface area contributed by atoms with E-state index in [2.05, 4.69) is 110 Å². The Kier molecular flexibility index (Phi) is 4.18. The standard InChI is InChI=1S/C25H20/c1-19-9-5-6-12-23(19)21-15-17-22(18-16-21)25-14-8-7-13-24(25)20-10-3-2-4-11-20/h2-18H,1H3. The number of hydrogen-bond donors (Lipinski definition) is 0. The summed E-state index contributed by atoms with van der Waals surface area (Å²) in [5.74, 6) is 0. The summed E-state index contributed by atoms with van der Waals surface area (Å²) in [6, 6.07) is 36.6. The lowest BCUT2D eigenvalue weighted by molar-refractivity contribution is 1.46. The first-order chi connectivity index (χ1) is 12.3. The van der Waals surface area contributed by atoms with Crippen LogP contribution < -0.4 is 0 Å². The normalized spacial score (nSPS) is 10.6. The molecule has 25 heavy (non-hydrogen) atoms. The average Bonchev–Trinajstić information content (AvgIpc) is 2.69. The van der Waals surface area contributed by atoms with Gasteiger partial charge in [0, 0.05) is 0 Å². The molecule has 0 bridgehead atoms. The van der Waals surface area contributed by atoms with Crippen LogP contribution in [0.3, 0.4) is 0 Å². The van der Waals surface area contributed by atoms with Crippen molar-refractivity contribution in [2.45, 2.75) is 6.92 Å². The Morgan fingerprint density at radius 1 is 0.360 bits per heavy atom. The monoisotopic (exact) mass is 320 g/mol. The van der Waals surface area contributed by atoms with Gasteiger partial charge in [0.15, 0.2) is 0 Å². The van der Waals surface area contributed by atoms with Gasteiger partial charge in [0.2, 0.25) is 0 Å². The van der Waals surface area contributed by atoms with Gasteiger partial charge in [-0.1, -0.05) is 103 Å². The highest BCUT2D eigenvalue weighted by atomic mass is 14.1. The van der Waals surface area contributed by atoms with Gasteiger partial charge >= 0.3 is 0 Å². The van der Waals surface area contributed by atoms with Crippen molar-refractivity contribution in [1.82, 2.24) is 0 Å². The topological polar surface area (TPSA) is 0 Å². The zero-order valence-corrected chi connectivity index (χ0v) is 14.3. The molecule has 0 amide bonds. The largest absolute Gasteiger partial charge is 0.0622 e. The van der Waals surface area contributed by atoms with Gasteiger partial charge in [-0.3, -0.25) is 0 Å². The summed E-state index contributed by atoms with van der Waals surface area (Å²) in [7, 11) is 0. The molecule has 0 saturated carbocycles. The Hall–Kier alpha value is -3.12. The van der Waals surface area contributed by atoms with Crippen molar-refractivity contribution in [1.29, 1.82) is 0 Å². The molecule has 0 aliphatic carbocycles. The average molecular weight is 320 g/mol. The molecule has 0 saturated heterocycles. The zero-order valence-electron chi connectivity index (χ0n) is 14.3. The van der Waals surface area contributed by atoms with Crippen LogP contribution in [0.2, 0.25) is 0 Å². The van der Waals surface area contributed by atoms with Crippen molar-refractivity contribution in [3.8, 4) is 33.4 Å². The first-order valence-electron chi connectivity index (χ1n) is 8.64. The molecule has 4 aromatic rings. The third kappa shape index (κ3) is 3.12. The summed E-state index contributed by atoms with van der Waals surface area (Å²) in [6.45, 7) is 2.16. The fourth-order valence-corrected chi connectivity index (χ4v) is 3.33. The molecule has 4 aromatic carbocycles. The first-order valence-corrected chi connectivity index (χ1v) is 8.64. The van der Waals surface area contributed by atoms with Gasteiger partial charge in [-0.05, 0) is 45.9 Å². The van der Waals surface area contributed by atoms with E-state index in [-0.39, 0.29) is 0 Å². The van der Waals surface area contributed by atoms with Crippen molar-refractivity contribution in [2.75, 3.05) is 0 Å². The van der Waals surface area contributed by atoms with Gasteiger partial charge in [0.1, 0.15) is 0 Å². The molecular weight excluding hydrogens is 300 g/mol. The Bertz CT molecular complexity index is 980. The van der Waals surface area contributed by atoms with E-state index in [1.165, 1.54) is 38.9 Å². The second-order valence-electron chi connectivity index (χ2n) is 6.30. The zero-order chi connectivity index (χ0) is 17.1. The van der Waals surface area contributed by atoms with Gasteiger partial charge in [0.05, 0.1) is 0 Å². The van der Waals surface area contributed by atoms with Crippen molar-refractivity contribution in [3.05, 3.63) is 109 Å². The minimum absolute atomic E-state index is 1.25. The number of hydrogen-bond acceptors (Lipinski definition) is 0. The Labute approximate surface area is 149 Å². The van der Waals surface area contributed by atoms with Crippen molar-refractivity contribution in [3.63, 3.8) is 0 Å². The number of aryl methyl sites for hydroxylation is 1. The highest BCUT2D eigenvalue weighted by Crippen LogP contribution is 2.33. The molecule has 0 atom stereocenters. The highest BCUT2D eigenvalue weighted by Gasteiger charge is 2.07. The van der Waals surface area contributed by atoms with Crippen LogP contribution in [0.5, 0.6) is 0 Å². The molecule has 4 rings (SSSR count). The Balaban J connectivity index is 1.76. The molecule has 0 aromatic heterocycles. The van der Waals surface area contributed by atoms with Gasteiger partial charge in [-0.15, -0.1) is 0 Å². The van der Waals surface area contributed by atoms with Crippen LogP contribution in [0.1, 0.15) is 5.56 Å². The van der Waals surface area contributed by atoms with Crippen LogP contribution >= 0.6 is 0 Å². The smallest absolute Gasteiger partial charge is 0.0105 e. The highest BCUT2D eigenvalue weighted by molar-refractivity contribution is 5.84. The molecule has 0 aliphatic heterocycles. The van der Waals surface area contributed by atoms with Crippen LogP contribution in [0.4, 0.5) is 0 Å². The van der Waals surface area contributed by atoms with E-state index in [0.29, 0.717) is 0 Å². The lowest BCUT2D eigenvalue weighted by atomic mass is 9.93. The predicted octanol–water partition coefficient (Wildman–Crippen LogP) is 7.00. The SMILES string of the molecule is Cc1ccccc1-c1ccc(-c2ccccc2-c2ccccc2)cc1.